The first kappa shape index (κ1) is 74.1. The summed E-state index contributed by atoms with van der Waals surface area (Å²) in [5.74, 6) is 7.31. The molecule has 0 spiro atoms. The van der Waals surface area contributed by atoms with Crippen LogP contribution >= 0.6 is 0 Å². The van der Waals surface area contributed by atoms with Crippen LogP contribution in [-0.4, -0.2) is 54.5 Å². The highest BCUT2D eigenvalue weighted by Crippen LogP contribution is 2.32. The number of hydrogen-bond donors (Lipinski definition) is 5. The molecule has 0 radical (unpaired) electrons. The van der Waals surface area contributed by atoms with Gasteiger partial charge in [-0.1, -0.05) is 155 Å². The zero-order valence-electron chi connectivity index (χ0n) is 47.6. The molecule has 0 heterocycles. The van der Waals surface area contributed by atoms with Crippen LogP contribution in [0.5, 0.6) is 0 Å². The van der Waals surface area contributed by atoms with Crippen LogP contribution in [0.4, 0.5) is 0 Å². The Morgan fingerprint density at radius 2 is 1.33 bits per heavy atom. The van der Waals surface area contributed by atoms with Crippen LogP contribution < -0.4 is 21.3 Å². The summed E-state index contributed by atoms with van der Waals surface area (Å²) < 4.78 is 5.54. The Bertz CT molecular complexity index is 2120. The van der Waals surface area contributed by atoms with Crippen molar-refractivity contribution in [2.75, 3.05) is 19.7 Å². The van der Waals surface area contributed by atoms with E-state index in [9.17, 15) is 14.4 Å². The van der Waals surface area contributed by atoms with Crippen molar-refractivity contribution < 1.29 is 24.2 Å². The van der Waals surface area contributed by atoms with Crippen molar-refractivity contribution in [1.82, 2.24) is 21.3 Å². The van der Waals surface area contributed by atoms with E-state index < -0.39 is 5.60 Å². The molecule has 0 saturated carbocycles. The van der Waals surface area contributed by atoms with E-state index in [-0.39, 0.29) is 42.0 Å². The normalized spacial score (nSPS) is 12.8. The third-order valence-corrected chi connectivity index (χ3v) is 9.92. The molecule has 5 N–H and O–H groups in total. The molecule has 0 fully saturated rings. The fraction of sp³-hybridized carbons (Fsp3) is 0.409. The number of carbonyl (C=O) groups excluding carboxylic acids is 3. The summed E-state index contributed by atoms with van der Waals surface area (Å²) in [7, 11) is 0. The molecule has 75 heavy (non-hydrogen) atoms. The van der Waals surface area contributed by atoms with Crippen LogP contribution in [0, 0.1) is 68.1 Å². The number of hydrogen-bond acceptors (Lipinski definition) is 7. The first-order valence-electron chi connectivity index (χ1n) is 25.4. The Hall–Kier alpha value is -7.43. The van der Waals surface area contributed by atoms with Crippen LogP contribution in [0.3, 0.4) is 0 Å². The van der Waals surface area contributed by atoms with Gasteiger partial charge < -0.3 is 31.1 Å². The smallest absolute Gasteiger partial charge is 0.240 e. The minimum Gasteiger partial charge on any atom is -0.475 e. The molecule has 4 rings (SSSR count). The highest BCUT2D eigenvalue weighted by molar-refractivity contribution is 5.81. The van der Waals surface area contributed by atoms with Gasteiger partial charge in [0.25, 0.3) is 0 Å². The molecule has 2 aromatic rings. The highest BCUT2D eigenvalue weighted by atomic mass is 16.5. The van der Waals surface area contributed by atoms with Gasteiger partial charge in [-0.25, -0.2) is 0 Å². The van der Waals surface area contributed by atoms with Crippen LogP contribution in [0.15, 0.2) is 163 Å². The quantitative estimate of drug-likeness (QED) is 0.0344. The molecule has 4 unspecified atom stereocenters. The summed E-state index contributed by atoms with van der Waals surface area (Å²) in [5, 5.41) is 20.2. The average molecular weight is 1020 g/mol. The maximum Gasteiger partial charge on any atom is 0.240 e. The molecule has 408 valence electrons. The van der Waals surface area contributed by atoms with Gasteiger partial charge in [0.05, 0.1) is 18.2 Å². The number of amides is 2. The monoisotopic (exact) mass is 1020 g/mol. The van der Waals surface area contributed by atoms with Crippen molar-refractivity contribution in [2.45, 2.75) is 139 Å². The number of allylic oxidation sites excluding steroid dienone is 9. The first-order chi connectivity index (χ1) is 35.7. The van der Waals surface area contributed by atoms with Gasteiger partial charge in [-0.3, -0.25) is 14.4 Å². The van der Waals surface area contributed by atoms with Crippen molar-refractivity contribution in [3.63, 3.8) is 0 Å². The van der Waals surface area contributed by atoms with E-state index in [1.54, 1.807) is 27.7 Å². The van der Waals surface area contributed by atoms with Gasteiger partial charge >= 0.3 is 0 Å². The maximum absolute atomic E-state index is 13.0. The third kappa shape index (κ3) is 45.0. The first-order valence-corrected chi connectivity index (χ1v) is 25.4. The molecule has 9 heteroatoms. The van der Waals surface area contributed by atoms with Crippen molar-refractivity contribution >= 4 is 18.1 Å². The SMILES string of the molecule is C#C.C#C.C#C.C=C(NC(C)=C(C)C)OCC1=CCCC=C1.C=CC(C(=C)NCCC(=O)CC(C1=CCCC=C1)c1ccccc1)C(C)CC(C#CC)NC(=O)CNC=O.CC(C)(C)O.CC(C)C.c1ccccc1. The fourth-order valence-electron chi connectivity index (χ4n) is 6.46. The summed E-state index contributed by atoms with van der Waals surface area (Å²) in [6.07, 6.45) is 45.2. The summed E-state index contributed by atoms with van der Waals surface area (Å²) in [6, 6.07) is 21.9. The van der Waals surface area contributed by atoms with Gasteiger partial charge in [-0.2, -0.15) is 0 Å². The fourth-order valence-corrected chi connectivity index (χ4v) is 6.46. The van der Waals surface area contributed by atoms with Crippen LogP contribution in [0.2, 0.25) is 0 Å². The molecule has 0 aromatic heterocycles. The van der Waals surface area contributed by atoms with E-state index in [1.165, 1.54) is 16.7 Å². The molecule has 0 aliphatic heterocycles. The Balaban J connectivity index is -0.000000551. The number of benzene rings is 2. The maximum atomic E-state index is 13.0. The summed E-state index contributed by atoms with van der Waals surface area (Å²) in [4.78, 5) is 35.5. The zero-order chi connectivity index (χ0) is 58.0. The largest absolute Gasteiger partial charge is 0.475 e. The van der Waals surface area contributed by atoms with Gasteiger partial charge in [-0.05, 0) is 116 Å². The van der Waals surface area contributed by atoms with E-state index in [2.05, 4.69) is 182 Å². The highest BCUT2D eigenvalue weighted by Gasteiger charge is 2.23. The summed E-state index contributed by atoms with van der Waals surface area (Å²) in [5.41, 5.74) is 6.22. The Labute approximate surface area is 456 Å². The second kappa shape index (κ2) is 48.8. The number of ketones is 1. The van der Waals surface area contributed by atoms with E-state index in [1.807, 2.05) is 67.6 Å². The average Bonchev–Trinajstić information content (AvgIpc) is 3.39. The van der Waals surface area contributed by atoms with E-state index >= 15 is 0 Å². The van der Waals surface area contributed by atoms with Gasteiger partial charge in [0.2, 0.25) is 12.3 Å². The number of Topliss-reactive ketones (excluding diaryl/α,β-unsaturated/α-hetero) is 1. The lowest BCUT2D eigenvalue weighted by molar-refractivity contribution is -0.122. The number of carbonyl (C=O) groups is 3. The summed E-state index contributed by atoms with van der Waals surface area (Å²) in [6.45, 7) is 34.7. The molecular formula is C66H94N4O5. The lowest BCUT2D eigenvalue weighted by Crippen LogP contribution is -2.41. The van der Waals surface area contributed by atoms with Crippen molar-refractivity contribution in [3.8, 4) is 50.4 Å². The number of rotatable bonds is 22. The van der Waals surface area contributed by atoms with Gasteiger partial charge in [0.15, 0.2) is 5.88 Å². The van der Waals surface area contributed by atoms with Crippen LogP contribution in [0.1, 0.15) is 133 Å². The zero-order valence-corrected chi connectivity index (χ0v) is 47.6. The predicted octanol–water partition coefficient (Wildman–Crippen LogP) is 13.1. The molecular weight excluding hydrogens is 929 g/mol. The third-order valence-electron chi connectivity index (χ3n) is 9.92. The van der Waals surface area contributed by atoms with Crippen LogP contribution in [0.25, 0.3) is 0 Å². The van der Waals surface area contributed by atoms with Crippen molar-refractivity contribution in [1.29, 1.82) is 0 Å². The lowest BCUT2D eigenvalue weighted by Gasteiger charge is -2.26. The Kier molecular flexibility index (Phi) is 48.2. The molecule has 2 aliphatic rings. The standard InChI is InChI=1S/C32H41N3O3.C14H21NO.C6H6.C4H10O.C4H10.3C2H2/c1-5-13-28(35-32(38)22-33-23-36)20-24(3)30(6-2)25(4)34-19-18-29(37)21-31(26-14-9-7-10-15-26)27-16-11-8-12-17-27;1-11(2)12(3)15-13(4)16-10-14-8-6-5-7-9-14;1-2-4-6-5-3-1;1-4(2,3)5;1-4(2)3;3*1-2/h6-7,9-11,14-17,23-24,28,30-31,34H,2,4,8,12,18-22H2,1,3H3,(H,33,36)(H,35,38);6,8-9,15H,4-5,7,10H2,1-3H3;1-6H;5H,1-3H3;4H,1-3H3;3*1-2H. The Morgan fingerprint density at radius 3 is 1.77 bits per heavy atom. The van der Waals surface area contributed by atoms with Gasteiger partial charge in [0, 0.05) is 42.6 Å². The molecule has 0 saturated heterocycles. The summed E-state index contributed by atoms with van der Waals surface area (Å²) >= 11 is 0. The molecule has 4 atom stereocenters. The second-order valence-electron chi connectivity index (χ2n) is 18.9. The molecule has 2 aromatic carbocycles. The molecule has 2 amide bonds. The number of nitrogens with one attached hydrogen (secondary N) is 4. The minimum absolute atomic E-state index is 0.0640. The number of ether oxygens (including phenoxy) is 1. The number of aliphatic hydroxyl groups is 1. The second-order valence-corrected chi connectivity index (χ2v) is 18.9. The topological polar surface area (TPSA) is 129 Å². The van der Waals surface area contributed by atoms with Crippen LogP contribution in [-0.2, 0) is 19.1 Å². The minimum atomic E-state index is -0.500. The van der Waals surface area contributed by atoms with Crippen molar-refractivity contribution in [2.24, 2.45) is 17.8 Å². The molecule has 2 aliphatic carbocycles. The van der Waals surface area contributed by atoms with E-state index in [0.29, 0.717) is 44.7 Å². The van der Waals surface area contributed by atoms with Crippen molar-refractivity contribution in [3.05, 3.63) is 169 Å². The molecule has 9 nitrogen and oxygen atoms in total. The lowest BCUT2D eigenvalue weighted by atomic mass is 9.84. The number of terminal acetylenes is 3. The van der Waals surface area contributed by atoms with E-state index in [4.69, 9.17) is 9.84 Å². The van der Waals surface area contributed by atoms with Gasteiger partial charge in [0.1, 0.15) is 12.4 Å². The predicted molar refractivity (Wildman–Crippen MR) is 321 cm³/mol. The Morgan fingerprint density at radius 1 is 0.827 bits per heavy atom. The molecule has 0 bridgehead atoms. The van der Waals surface area contributed by atoms with Gasteiger partial charge in [-0.15, -0.1) is 51.0 Å². The van der Waals surface area contributed by atoms with E-state index in [0.717, 1.165) is 48.6 Å².